The lowest BCUT2D eigenvalue weighted by molar-refractivity contribution is 0.591. The Morgan fingerprint density at radius 2 is 0.923 bits per heavy atom. The second-order valence-electron chi connectivity index (χ2n) is 11.9. The van der Waals surface area contributed by atoms with Crippen LogP contribution in [0.3, 0.4) is 0 Å². The van der Waals surface area contributed by atoms with Crippen molar-refractivity contribution >= 4 is 32.3 Å². The third-order valence-electron chi connectivity index (χ3n) is 8.31. The van der Waals surface area contributed by atoms with Gasteiger partial charge in [0.05, 0.1) is 0 Å². The van der Waals surface area contributed by atoms with Gasteiger partial charge < -0.3 is 0 Å². The lowest BCUT2D eigenvalue weighted by Crippen LogP contribution is -2.10. The topological polar surface area (TPSA) is 0 Å². The zero-order valence-electron chi connectivity index (χ0n) is 23.0. The molecule has 0 bridgehead atoms. The highest BCUT2D eigenvalue weighted by Crippen LogP contribution is 2.42. The van der Waals surface area contributed by atoms with Crippen LogP contribution in [0.4, 0.5) is 0 Å². The van der Waals surface area contributed by atoms with E-state index in [4.69, 9.17) is 0 Å². The molecule has 0 N–H and O–H groups in total. The fraction of sp³-hybridized carbons (Fsp3) is 0.128. The first-order chi connectivity index (χ1) is 18.9. The largest absolute Gasteiger partial charge is 0.0622 e. The first kappa shape index (κ1) is 23.7. The lowest BCUT2D eigenvalue weighted by Gasteiger charge is -2.22. The Balaban J connectivity index is 1.32. The minimum atomic E-state index is 0.120. The maximum absolute atomic E-state index is 2.39. The average molecular weight is 501 g/mol. The Morgan fingerprint density at radius 1 is 0.436 bits per heavy atom. The summed E-state index contributed by atoms with van der Waals surface area (Å²) in [7, 11) is 0. The zero-order chi connectivity index (χ0) is 26.7. The molecule has 0 fully saturated rings. The van der Waals surface area contributed by atoms with Gasteiger partial charge in [0.1, 0.15) is 0 Å². The molecular weight excluding hydrogens is 468 g/mol. The van der Waals surface area contributed by atoms with Crippen LogP contribution in [0.2, 0.25) is 0 Å². The summed E-state index contributed by atoms with van der Waals surface area (Å²) in [5.41, 5.74) is 10.4. The van der Waals surface area contributed by atoms with E-state index in [0.717, 1.165) is 0 Å². The molecule has 0 nitrogen and oxygen atoms in total. The molecule has 0 saturated carbocycles. The van der Waals surface area contributed by atoms with Gasteiger partial charge in [-0.2, -0.15) is 0 Å². The Hall–Kier alpha value is -4.42. The van der Waals surface area contributed by atoms with Crippen LogP contribution in [0.5, 0.6) is 0 Å². The van der Waals surface area contributed by atoms with Crippen molar-refractivity contribution in [3.8, 4) is 33.4 Å². The predicted molar refractivity (Wildman–Crippen MR) is 170 cm³/mol. The summed E-state index contributed by atoms with van der Waals surface area (Å²) in [5.74, 6) is 0. The highest BCUT2D eigenvalue weighted by molar-refractivity contribution is 6.26. The maximum atomic E-state index is 2.39. The van der Waals surface area contributed by atoms with Crippen LogP contribution in [-0.4, -0.2) is 0 Å². The van der Waals surface area contributed by atoms with E-state index in [-0.39, 0.29) is 5.41 Å². The molecule has 0 aliphatic heterocycles. The van der Waals surface area contributed by atoms with Gasteiger partial charge in [0, 0.05) is 0 Å². The summed E-state index contributed by atoms with van der Waals surface area (Å²) < 4.78 is 0. The van der Waals surface area contributed by atoms with Crippen LogP contribution in [-0.2, 0) is 5.41 Å². The molecule has 0 amide bonds. The van der Waals surface area contributed by atoms with Crippen LogP contribution in [0.25, 0.3) is 65.7 Å². The Kier molecular flexibility index (Phi) is 5.35. The van der Waals surface area contributed by atoms with Crippen molar-refractivity contribution < 1.29 is 0 Å². The first-order valence-electron chi connectivity index (χ1n) is 13.9. The minimum Gasteiger partial charge on any atom is -0.0622 e. The molecule has 7 aromatic rings. The minimum absolute atomic E-state index is 0.120. The van der Waals surface area contributed by atoms with Gasteiger partial charge in [-0.15, -0.1) is 0 Å². The van der Waals surface area contributed by atoms with Gasteiger partial charge in [0.2, 0.25) is 0 Å². The van der Waals surface area contributed by atoms with Crippen molar-refractivity contribution in [2.45, 2.75) is 33.1 Å². The van der Waals surface area contributed by atoms with Gasteiger partial charge in [-0.05, 0) is 89.2 Å². The van der Waals surface area contributed by atoms with E-state index in [0.29, 0.717) is 0 Å². The molecule has 39 heavy (non-hydrogen) atoms. The van der Waals surface area contributed by atoms with Crippen molar-refractivity contribution in [1.82, 2.24) is 0 Å². The number of hydrogen-bond acceptors (Lipinski definition) is 0. The van der Waals surface area contributed by atoms with Crippen molar-refractivity contribution in [1.29, 1.82) is 0 Å². The Labute approximate surface area is 230 Å². The average Bonchev–Trinajstić information content (AvgIpc) is 2.96. The van der Waals surface area contributed by atoms with E-state index in [9.17, 15) is 0 Å². The van der Waals surface area contributed by atoms with E-state index < -0.39 is 0 Å². The molecule has 0 aliphatic rings. The summed E-state index contributed by atoms with van der Waals surface area (Å²) in [4.78, 5) is 0. The van der Waals surface area contributed by atoms with E-state index in [1.807, 2.05) is 0 Å². The predicted octanol–water partition coefficient (Wildman–Crippen LogP) is 11.2. The zero-order valence-corrected chi connectivity index (χ0v) is 23.0. The van der Waals surface area contributed by atoms with Gasteiger partial charge in [0.25, 0.3) is 0 Å². The standard InChI is InChI=1S/C39H32/c1-25-22-36(30-16-14-29(15-17-30)28-12-10-27(11-13-28)26-8-6-5-7-9-26)35-21-19-32-24-33(39(2,3)4)23-31-18-20-34(25)38(35)37(31)32/h5-24H,1-4H3. The van der Waals surface area contributed by atoms with Crippen LogP contribution in [0, 0.1) is 6.92 Å². The second kappa shape index (κ2) is 8.82. The van der Waals surface area contributed by atoms with E-state index in [1.165, 1.54) is 76.8 Å². The molecule has 7 aromatic carbocycles. The van der Waals surface area contributed by atoms with E-state index in [2.05, 4.69) is 149 Å². The maximum Gasteiger partial charge on any atom is -0.00179 e. The quantitative estimate of drug-likeness (QED) is 0.212. The second-order valence-corrected chi connectivity index (χ2v) is 11.9. The van der Waals surface area contributed by atoms with Gasteiger partial charge in [-0.3, -0.25) is 0 Å². The van der Waals surface area contributed by atoms with Gasteiger partial charge >= 0.3 is 0 Å². The highest BCUT2D eigenvalue weighted by atomic mass is 14.2. The summed E-state index contributed by atoms with van der Waals surface area (Å²) in [6.07, 6.45) is 0. The molecule has 0 atom stereocenters. The van der Waals surface area contributed by atoms with E-state index >= 15 is 0 Å². The summed E-state index contributed by atoms with van der Waals surface area (Å²) >= 11 is 0. The van der Waals surface area contributed by atoms with Crippen molar-refractivity contribution in [3.05, 3.63) is 132 Å². The molecule has 0 spiro atoms. The van der Waals surface area contributed by atoms with Crippen molar-refractivity contribution in [2.24, 2.45) is 0 Å². The molecule has 0 heteroatoms. The first-order valence-corrected chi connectivity index (χ1v) is 13.9. The monoisotopic (exact) mass is 500 g/mol. The fourth-order valence-corrected chi connectivity index (χ4v) is 6.09. The highest BCUT2D eigenvalue weighted by Gasteiger charge is 2.19. The number of aryl methyl sites for hydroxylation is 1. The summed E-state index contributed by atoms with van der Waals surface area (Å²) in [5, 5.41) is 8.13. The van der Waals surface area contributed by atoms with Crippen LogP contribution in [0.15, 0.2) is 121 Å². The van der Waals surface area contributed by atoms with Gasteiger partial charge in [-0.25, -0.2) is 0 Å². The molecule has 0 heterocycles. The molecule has 188 valence electrons. The third kappa shape index (κ3) is 3.99. The number of hydrogen-bond donors (Lipinski definition) is 0. The SMILES string of the molecule is Cc1cc(-c2ccc(-c3ccc(-c4ccccc4)cc3)cc2)c2ccc3cc(C(C)(C)C)cc4ccc1c2c43. The lowest BCUT2D eigenvalue weighted by atomic mass is 9.82. The molecule has 0 aliphatic carbocycles. The number of benzene rings is 7. The third-order valence-corrected chi connectivity index (χ3v) is 8.31. The van der Waals surface area contributed by atoms with Gasteiger partial charge in [0.15, 0.2) is 0 Å². The summed E-state index contributed by atoms with van der Waals surface area (Å²) in [6, 6.07) is 45.0. The van der Waals surface area contributed by atoms with Gasteiger partial charge in [-0.1, -0.05) is 142 Å². The molecule has 0 unspecified atom stereocenters. The molecular formula is C39H32. The van der Waals surface area contributed by atoms with Crippen LogP contribution in [0.1, 0.15) is 31.9 Å². The van der Waals surface area contributed by atoms with Crippen molar-refractivity contribution in [3.63, 3.8) is 0 Å². The summed E-state index contributed by atoms with van der Waals surface area (Å²) in [6.45, 7) is 9.13. The van der Waals surface area contributed by atoms with E-state index in [1.54, 1.807) is 0 Å². The molecule has 0 radical (unpaired) electrons. The Morgan fingerprint density at radius 3 is 1.46 bits per heavy atom. The normalized spacial score (nSPS) is 12.1. The Bertz CT molecular complexity index is 1930. The smallest absolute Gasteiger partial charge is 0.00179 e. The molecule has 7 rings (SSSR count). The molecule has 0 saturated heterocycles. The van der Waals surface area contributed by atoms with Crippen LogP contribution >= 0.6 is 0 Å². The van der Waals surface area contributed by atoms with Crippen LogP contribution < -0.4 is 0 Å². The number of rotatable bonds is 3. The molecule has 0 aromatic heterocycles. The van der Waals surface area contributed by atoms with Crippen molar-refractivity contribution in [2.75, 3.05) is 0 Å². The fourth-order valence-electron chi connectivity index (χ4n) is 6.09.